The summed E-state index contributed by atoms with van der Waals surface area (Å²) >= 11 is 0. The van der Waals surface area contributed by atoms with Crippen LogP contribution in [0.4, 0.5) is 5.69 Å². The van der Waals surface area contributed by atoms with Crippen LogP contribution in [0.5, 0.6) is 0 Å². The highest BCUT2D eigenvalue weighted by atomic mass is 16.3. The van der Waals surface area contributed by atoms with E-state index in [1.54, 1.807) is 6.08 Å². The van der Waals surface area contributed by atoms with Crippen LogP contribution >= 0.6 is 0 Å². The molecule has 21 heavy (non-hydrogen) atoms. The third-order valence-electron chi connectivity index (χ3n) is 4.95. The third kappa shape index (κ3) is 1.25. The molecule has 0 saturated carbocycles. The summed E-state index contributed by atoms with van der Waals surface area (Å²) in [4.78, 5) is 28.9. The van der Waals surface area contributed by atoms with Crippen molar-refractivity contribution in [3.63, 3.8) is 0 Å². The normalized spacial score (nSPS) is 21.0. The van der Waals surface area contributed by atoms with Crippen LogP contribution in [0.15, 0.2) is 10.7 Å². The van der Waals surface area contributed by atoms with Gasteiger partial charge in [0.1, 0.15) is 0 Å². The van der Waals surface area contributed by atoms with Gasteiger partial charge in [-0.3, -0.25) is 9.79 Å². The van der Waals surface area contributed by atoms with Gasteiger partial charge in [-0.1, -0.05) is 0 Å². The standard InChI is InChI=1S/C17H13N2O2/c20-9-5-11-12(6-9)17-16(14-8-18-7-13(11)14)10-3-1-2-4-15(10)19(17)21/h5,7-8H,1-4,6H2/q+1. The van der Waals surface area contributed by atoms with Crippen LogP contribution in [0.1, 0.15) is 42.4 Å². The van der Waals surface area contributed by atoms with Crippen molar-refractivity contribution in [1.29, 1.82) is 0 Å². The van der Waals surface area contributed by atoms with Gasteiger partial charge < -0.3 is 0 Å². The molecule has 1 aromatic carbocycles. The molecule has 4 aliphatic rings. The van der Waals surface area contributed by atoms with E-state index in [9.17, 15) is 9.70 Å². The number of nitroso groups, excluding NO2 is 1. The molecule has 4 heteroatoms. The molecule has 0 spiro atoms. The van der Waals surface area contributed by atoms with Crippen molar-refractivity contribution in [3.8, 4) is 0 Å². The van der Waals surface area contributed by atoms with E-state index < -0.39 is 0 Å². The molecule has 4 nitrogen and oxygen atoms in total. The van der Waals surface area contributed by atoms with Gasteiger partial charge in [-0.05, 0) is 30.6 Å². The lowest BCUT2D eigenvalue weighted by Gasteiger charge is -2.08. The highest BCUT2D eigenvalue weighted by molar-refractivity contribution is 6.12. The zero-order valence-corrected chi connectivity index (χ0v) is 11.5. The number of nitrogens with zero attached hydrogens (tertiary/aromatic N) is 2. The van der Waals surface area contributed by atoms with Crippen LogP contribution in [0.3, 0.4) is 0 Å². The van der Waals surface area contributed by atoms with Gasteiger partial charge in [-0.15, -0.1) is 0 Å². The fourth-order valence-corrected chi connectivity index (χ4v) is 4.09. The Kier molecular flexibility index (Phi) is 1.96. The number of carbonyl (C=O) groups excluding carboxylic acids is 1. The van der Waals surface area contributed by atoms with Crippen molar-refractivity contribution in [2.75, 3.05) is 0 Å². The summed E-state index contributed by atoms with van der Waals surface area (Å²) in [6.07, 6.45) is 9.67. The summed E-state index contributed by atoms with van der Waals surface area (Å²) in [5, 5.41) is 1.93. The minimum atomic E-state index is 0.0826. The summed E-state index contributed by atoms with van der Waals surface area (Å²) in [5.41, 5.74) is 5.80. The molecule has 0 amide bonds. The molecule has 0 atom stereocenters. The van der Waals surface area contributed by atoms with Crippen molar-refractivity contribution < 1.29 is 9.55 Å². The minimum absolute atomic E-state index is 0.0826. The first kappa shape index (κ1) is 11.3. The molecular formula is C17H13N2O2+. The highest BCUT2D eigenvalue weighted by Gasteiger charge is 2.44. The van der Waals surface area contributed by atoms with Crippen LogP contribution in [-0.4, -0.2) is 16.8 Å². The van der Waals surface area contributed by atoms with E-state index in [4.69, 9.17) is 0 Å². The first-order valence-electron chi connectivity index (χ1n) is 7.42. The summed E-state index contributed by atoms with van der Waals surface area (Å²) in [6.45, 7) is 0. The second-order valence-corrected chi connectivity index (χ2v) is 6.06. The van der Waals surface area contributed by atoms with Gasteiger partial charge in [0.25, 0.3) is 5.69 Å². The average Bonchev–Trinajstić information content (AvgIpc) is 3.15. The van der Waals surface area contributed by atoms with Crippen LogP contribution in [-0.2, 0) is 11.2 Å². The smallest absolute Gasteiger partial charge is 0.275 e. The first-order valence-corrected chi connectivity index (χ1v) is 7.42. The number of fused-ring (bicyclic) bond motifs is 7. The van der Waals surface area contributed by atoms with Crippen LogP contribution in [0, 0.1) is 4.91 Å². The molecule has 0 saturated heterocycles. The molecule has 102 valence electrons. The third-order valence-corrected chi connectivity index (χ3v) is 4.95. The molecule has 0 N–H and O–H groups in total. The van der Waals surface area contributed by atoms with Gasteiger partial charge in [0.2, 0.25) is 5.70 Å². The van der Waals surface area contributed by atoms with E-state index in [0.29, 0.717) is 6.42 Å². The number of benzene rings is 1. The Morgan fingerprint density at radius 2 is 2.00 bits per heavy atom. The van der Waals surface area contributed by atoms with E-state index in [2.05, 4.69) is 4.99 Å². The molecule has 0 radical (unpaired) electrons. The second-order valence-electron chi connectivity index (χ2n) is 6.06. The Labute approximate surface area is 120 Å². The molecule has 0 bridgehead atoms. The Balaban J connectivity index is 1.96. The Bertz CT molecular complexity index is 948. The monoisotopic (exact) mass is 277 g/mol. The fourth-order valence-electron chi connectivity index (χ4n) is 4.09. The van der Waals surface area contributed by atoms with Crippen molar-refractivity contribution >= 4 is 35.5 Å². The average molecular weight is 277 g/mol. The van der Waals surface area contributed by atoms with Crippen LogP contribution in [0.25, 0.3) is 17.8 Å². The summed E-state index contributed by atoms with van der Waals surface area (Å²) in [7, 11) is 0. The minimum Gasteiger partial charge on any atom is -0.294 e. The fraction of sp³-hybridized carbons (Fsp3) is 0.294. The number of Topliss-reactive ketones (excluding diaryl/α,β-unsaturated/α-hetero) is 1. The number of hydrogen-bond acceptors (Lipinski definition) is 3. The topological polar surface area (TPSA) is 49.5 Å². The zero-order valence-electron chi connectivity index (χ0n) is 11.5. The van der Waals surface area contributed by atoms with E-state index in [0.717, 1.165) is 69.0 Å². The molecular weight excluding hydrogens is 264 g/mol. The number of carbonyl (C=O) groups is 1. The maximum absolute atomic E-state index is 12.8. The van der Waals surface area contributed by atoms with Crippen molar-refractivity contribution in [3.05, 3.63) is 37.7 Å². The molecule has 0 unspecified atom stereocenters. The highest BCUT2D eigenvalue weighted by Crippen LogP contribution is 2.46. The Hall–Kier alpha value is -2.36. The van der Waals surface area contributed by atoms with Gasteiger partial charge in [0.15, 0.2) is 5.78 Å². The van der Waals surface area contributed by atoms with E-state index in [-0.39, 0.29) is 5.78 Å². The Morgan fingerprint density at radius 3 is 2.90 bits per heavy atom. The number of rotatable bonds is 0. The van der Waals surface area contributed by atoms with Gasteiger partial charge in [-0.2, -0.15) is 0 Å². The number of ketones is 1. The molecule has 2 aliphatic carbocycles. The lowest BCUT2D eigenvalue weighted by atomic mass is 9.89. The van der Waals surface area contributed by atoms with Crippen LogP contribution in [0.2, 0.25) is 0 Å². The largest absolute Gasteiger partial charge is 0.294 e. The van der Waals surface area contributed by atoms with Crippen molar-refractivity contribution in [2.24, 2.45) is 4.99 Å². The number of hydrogen-bond donors (Lipinski definition) is 0. The Morgan fingerprint density at radius 1 is 1.14 bits per heavy atom. The predicted molar refractivity (Wildman–Crippen MR) is 79.6 cm³/mol. The predicted octanol–water partition coefficient (Wildman–Crippen LogP) is 1.47. The van der Waals surface area contributed by atoms with Gasteiger partial charge in [-0.25, -0.2) is 0 Å². The molecule has 2 heterocycles. The van der Waals surface area contributed by atoms with Gasteiger partial charge in [0, 0.05) is 52.1 Å². The zero-order chi connectivity index (χ0) is 14.1. The van der Waals surface area contributed by atoms with E-state index in [1.165, 1.54) is 5.57 Å². The molecule has 2 aliphatic heterocycles. The molecule has 5 rings (SSSR count). The van der Waals surface area contributed by atoms with Gasteiger partial charge in [0.05, 0.1) is 10.3 Å². The van der Waals surface area contributed by atoms with Crippen molar-refractivity contribution in [1.82, 2.24) is 0 Å². The summed E-state index contributed by atoms with van der Waals surface area (Å²) in [5.74, 6) is 0.0826. The van der Waals surface area contributed by atoms with Crippen molar-refractivity contribution in [2.45, 2.75) is 32.1 Å². The number of aliphatic imine (C=N–C) groups is 1. The lowest BCUT2D eigenvalue weighted by molar-refractivity contribution is -0.406. The number of allylic oxidation sites excluding steroid dienone is 2. The summed E-state index contributed by atoms with van der Waals surface area (Å²) < 4.78 is 1.10. The molecule has 0 fully saturated rings. The lowest BCUT2D eigenvalue weighted by Crippen LogP contribution is -2.30. The maximum atomic E-state index is 12.8. The first-order chi connectivity index (χ1) is 10.3. The SMILES string of the molecule is O=C1C=c2c(c3c(c4c2=CN=C4)C2=C(CCCC2)[N+]3=O)C1. The summed E-state index contributed by atoms with van der Waals surface area (Å²) in [6, 6.07) is 0. The molecule has 0 aromatic heterocycles. The molecule has 1 aromatic rings. The maximum Gasteiger partial charge on any atom is 0.275 e. The van der Waals surface area contributed by atoms with Gasteiger partial charge >= 0.3 is 0 Å². The van der Waals surface area contributed by atoms with Crippen LogP contribution < -0.4 is 10.4 Å². The van der Waals surface area contributed by atoms with E-state index in [1.807, 2.05) is 12.4 Å². The van der Waals surface area contributed by atoms with E-state index >= 15 is 0 Å². The second kappa shape index (κ2) is 3.64. The quantitative estimate of drug-likeness (QED) is 0.674.